The van der Waals surface area contributed by atoms with Gasteiger partial charge in [0.05, 0.1) is 19.3 Å². The van der Waals surface area contributed by atoms with Crippen molar-refractivity contribution in [3.05, 3.63) is 57.0 Å². The number of nitrogens with zero attached hydrogens (tertiary/aromatic N) is 2. The Morgan fingerprint density at radius 2 is 1.75 bits per heavy atom. The highest BCUT2D eigenvalue weighted by atomic mass is 16.5. The molecular formula is C25H36N4O3. The second kappa shape index (κ2) is 10.8. The quantitative estimate of drug-likeness (QED) is 0.656. The average Bonchev–Trinajstić information content (AvgIpc) is 2.77. The van der Waals surface area contributed by atoms with Crippen LogP contribution in [0.25, 0.3) is 0 Å². The molecule has 7 heteroatoms. The fraction of sp³-hybridized carbons (Fsp3) is 0.560. The lowest BCUT2D eigenvalue weighted by atomic mass is 9.93. The summed E-state index contributed by atoms with van der Waals surface area (Å²) >= 11 is 0. The minimum atomic E-state index is -0.170. The second-order valence-corrected chi connectivity index (χ2v) is 9.16. The van der Waals surface area contributed by atoms with Crippen LogP contribution in [0.15, 0.2) is 29.1 Å². The maximum atomic E-state index is 12.8. The summed E-state index contributed by atoms with van der Waals surface area (Å²) in [6.45, 7) is 13.0. The Morgan fingerprint density at radius 1 is 1.12 bits per heavy atom. The van der Waals surface area contributed by atoms with Crippen molar-refractivity contribution in [2.45, 2.75) is 59.4 Å². The van der Waals surface area contributed by atoms with Gasteiger partial charge in [-0.1, -0.05) is 52.0 Å². The van der Waals surface area contributed by atoms with Crippen LogP contribution in [0.3, 0.4) is 0 Å². The van der Waals surface area contributed by atoms with Gasteiger partial charge in [0.15, 0.2) is 0 Å². The van der Waals surface area contributed by atoms with Gasteiger partial charge in [-0.15, -0.1) is 0 Å². The van der Waals surface area contributed by atoms with Gasteiger partial charge in [0, 0.05) is 30.8 Å². The average molecular weight is 441 g/mol. The Labute approximate surface area is 190 Å². The van der Waals surface area contributed by atoms with E-state index >= 15 is 0 Å². The summed E-state index contributed by atoms with van der Waals surface area (Å²) in [5.41, 5.74) is 3.46. The Kier molecular flexibility index (Phi) is 8.07. The molecule has 1 fully saturated rings. The van der Waals surface area contributed by atoms with Gasteiger partial charge in [0.25, 0.3) is 5.56 Å². The summed E-state index contributed by atoms with van der Waals surface area (Å²) in [7, 11) is 0. The van der Waals surface area contributed by atoms with Gasteiger partial charge < -0.3 is 15.0 Å². The van der Waals surface area contributed by atoms with Gasteiger partial charge in [-0.25, -0.2) is 4.98 Å². The number of aromatic amines is 1. The van der Waals surface area contributed by atoms with Crippen molar-refractivity contribution >= 4 is 11.9 Å². The van der Waals surface area contributed by atoms with Gasteiger partial charge in [-0.05, 0) is 36.3 Å². The van der Waals surface area contributed by atoms with E-state index in [0.29, 0.717) is 55.8 Å². The Hall–Kier alpha value is -2.67. The fourth-order valence-corrected chi connectivity index (χ4v) is 4.02. The summed E-state index contributed by atoms with van der Waals surface area (Å²) in [6, 6.07) is 8.40. The summed E-state index contributed by atoms with van der Waals surface area (Å²) < 4.78 is 5.36. The number of carbonyl (C=O) groups is 1. The molecule has 0 saturated carbocycles. The molecule has 2 N–H and O–H groups in total. The third-order valence-electron chi connectivity index (χ3n) is 6.07. The van der Waals surface area contributed by atoms with Crippen LogP contribution in [-0.2, 0) is 16.0 Å². The van der Waals surface area contributed by atoms with E-state index in [1.54, 1.807) is 0 Å². The van der Waals surface area contributed by atoms with Gasteiger partial charge in [-0.2, -0.15) is 0 Å². The van der Waals surface area contributed by atoms with Crippen LogP contribution >= 0.6 is 0 Å². The van der Waals surface area contributed by atoms with Crippen LogP contribution in [0.5, 0.6) is 0 Å². The number of anilines is 1. The molecule has 1 aromatic carbocycles. The monoisotopic (exact) mass is 440 g/mol. The molecule has 2 heterocycles. The van der Waals surface area contributed by atoms with Gasteiger partial charge in [0.2, 0.25) is 11.9 Å². The first-order chi connectivity index (χ1) is 15.3. The lowest BCUT2D eigenvalue weighted by Crippen LogP contribution is -2.38. The lowest BCUT2D eigenvalue weighted by Gasteiger charge is -2.27. The molecule has 0 radical (unpaired) electrons. The van der Waals surface area contributed by atoms with Crippen molar-refractivity contribution in [3.8, 4) is 0 Å². The van der Waals surface area contributed by atoms with Crippen LogP contribution < -0.4 is 15.8 Å². The molecule has 174 valence electrons. The number of nitrogens with one attached hydrogen (secondary N) is 2. The molecule has 7 nitrogen and oxygen atoms in total. The third-order valence-corrected chi connectivity index (χ3v) is 6.07. The topological polar surface area (TPSA) is 87.3 Å². The van der Waals surface area contributed by atoms with E-state index in [4.69, 9.17) is 4.74 Å². The number of morpholine rings is 1. The zero-order valence-electron chi connectivity index (χ0n) is 19.9. The van der Waals surface area contributed by atoms with E-state index in [1.165, 1.54) is 5.56 Å². The molecule has 1 atom stereocenters. The number of rotatable bonds is 8. The largest absolute Gasteiger partial charge is 0.378 e. The van der Waals surface area contributed by atoms with Crippen molar-refractivity contribution in [1.82, 2.24) is 15.3 Å². The number of aromatic nitrogens is 2. The van der Waals surface area contributed by atoms with Crippen LogP contribution in [0.1, 0.15) is 68.5 Å². The zero-order chi connectivity index (χ0) is 23.3. The van der Waals surface area contributed by atoms with E-state index in [1.807, 2.05) is 11.8 Å². The van der Waals surface area contributed by atoms with E-state index in [2.05, 4.69) is 67.2 Å². The summed E-state index contributed by atoms with van der Waals surface area (Å²) in [5.74, 6) is 1.24. The number of hydrogen-bond donors (Lipinski definition) is 2. The van der Waals surface area contributed by atoms with Crippen LogP contribution in [0.2, 0.25) is 0 Å². The molecule has 3 rings (SSSR count). The minimum Gasteiger partial charge on any atom is -0.378 e. The van der Waals surface area contributed by atoms with Crippen molar-refractivity contribution in [2.24, 2.45) is 5.92 Å². The fourth-order valence-electron chi connectivity index (χ4n) is 4.02. The van der Waals surface area contributed by atoms with Gasteiger partial charge in [-0.3, -0.25) is 14.6 Å². The first kappa shape index (κ1) is 24.0. The van der Waals surface area contributed by atoms with Crippen molar-refractivity contribution < 1.29 is 9.53 Å². The van der Waals surface area contributed by atoms with E-state index in [-0.39, 0.29) is 29.8 Å². The smallest absolute Gasteiger partial charge is 0.255 e. The molecule has 1 aromatic heterocycles. The second-order valence-electron chi connectivity index (χ2n) is 9.16. The minimum absolute atomic E-state index is 0.0623. The van der Waals surface area contributed by atoms with E-state index in [0.717, 1.165) is 5.56 Å². The molecule has 0 spiro atoms. The standard InChI is InChI=1S/C25H36N4O3/c1-16(2)19-6-8-20(9-7-19)23(17(3)4)27-22(30)11-10-21-18(5)26-25(28-24(21)31)29-12-14-32-15-13-29/h6-9,16-17,23H,10-15H2,1-5H3,(H,27,30)(H,26,28,31). The maximum absolute atomic E-state index is 12.8. The van der Waals surface area contributed by atoms with Gasteiger partial charge >= 0.3 is 0 Å². The number of hydrogen-bond acceptors (Lipinski definition) is 5. The molecule has 0 aliphatic carbocycles. The van der Waals surface area contributed by atoms with Crippen LogP contribution in [-0.4, -0.2) is 42.2 Å². The Bertz CT molecular complexity index is 960. The molecule has 1 aliphatic heterocycles. The first-order valence-corrected chi connectivity index (χ1v) is 11.6. The predicted octanol–water partition coefficient (Wildman–Crippen LogP) is 3.48. The van der Waals surface area contributed by atoms with Crippen molar-refractivity contribution in [3.63, 3.8) is 0 Å². The van der Waals surface area contributed by atoms with E-state index < -0.39 is 0 Å². The normalized spacial score (nSPS) is 15.3. The molecule has 1 unspecified atom stereocenters. The van der Waals surface area contributed by atoms with Crippen molar-refractivity contribution in [1.29, 1.82) is 0 Å². The Balaban J connectivity index is 1.64. The zero-order valence-corrected chi connectivity index (χ0v) is 19.9. The number of aryl methyl sites for hydroxylation is 1. The molecule has 1 aliphatic rings. The molecule has 1 amide bonds. The number of amides is 1. The molecule has 2 aromatic rings. The van der Waals surface area contributed by atoms with Gasteiger partial charge in [0.1, 0.15) is 0 Å². The number of carbonyl (C=O) groups excluding carboxylic acids is 1. The lowest BCUT2D eigenvalue weighted by molar-refractivity contribution is -0.122. The highest BCUT2D eigenvalue weighted by molar-refractivity contribution is 5.76. The molecule has 1 saturated heterocycles. The highest BCUT2D eigenvalue weighted by Gasteiger charge is 2.20. The highest BCUT2D eigenvalue weighted by Crippen LogP contribution is 2.24. The SMILES string of the molecule is Cc1nc(N2CCOCC2)[nH]c(=O)c1CCC(=O)NC(c1ccc(C(C)C)cc1)C(C)C. The molecule has 32 heavy (non-hydrogen) atoms. The first-order valence-electron chi connectivity index (χ1n) is 11.6. The number of benzene rings is 1. The number of ether oxygens (including phenoxy) is 1. The third kappa shape index (κ3) is 5.97. The van der Waals surface area contributed by atoms with E-state index in [9.17, 15) is 9.59 Å². The summed E-state index contributed by atoms with van der Waals surface area (Å²) in [6.07, 6.45) is 0.607. The summed E-state index contributed by atoms with van der Waals surface area (Å²) in [4.78, 5) is 34.9. The van der Waals surface area contributed by atoms with Crippen LogP contribution in [0, 0.1) is 12.8 Å². The Morgan fingerprint density at radius 3 is 2.31 bits per heavy atom. The van der Waals surface area contributed by atoms with Crippen molar-refractivity contribution in [2.75, 3.05) is 31.2 Å². The molecular weight excluding hydrogens is 404 g/mol. The number of H-pyrrole nitrogens is 1. The maximum Gasteiger partial charge on any atom is 0.255 e. The van der Waals surface area contributed by atoms with Crippen LogP contribution in [0.4, 0.5) is 5.95 Å². The molecule has 0 bridgehead atoms. The summed E-state index contributed by atoms with van der Waals surface area (Å²) in [5, 5.41) is 3.16. The predicted molar refractivity (Wildman–Crippen MR) is 127 cm³/mol.